The van der Waals surface area contributed by atoms with E-state index in [0.29, 0.717) is 15.8 Å². The standard InChI is InChI=1S/C18H13ClN6O2S/c1-10-2-7-13-14(8-10)28-18(23-13)24-17-15(25(26)27)16(20-9-21-17)22-12-5-3-11(19)4-6-12/h2-9H,1H3,(H2,20,21,22,23,24). The number of aromatic nitrogens is 3. The van der Waals surface area contributed by atoms with Crippen molar-refractivity contribution in [2.24, 2.45) is 0 Å². The first-order valence-electron chi connectivity index (χ1n) is 8.16. The molecule has 2 aromatic heterocycles. The van der Waals surface area contributed by atoms with Gasteiger partial charge in [0.2, 0.25) is 11.6 Å². The number of fused-ring (bicyclic) bond motifs is 1. The molecule has 0 fully saturated rings. The number of thiazole rings is 1. The quantitative estimate of drug-likeness (QED) is 0.332. The van der Waals surface area contributed by atoms with Crippen LogP contribution in [0.25, 0.3) is 10.2 Å². The molecule has 0 amide bonds. The van der Waals surface area contributed by atoms with Crippen LogP contribution in [-0.4, -0.2) is 19.9 Å². The average Bonchev–Trinajstić information content (AvgIpc) is 3.05. The summed E-state index contributed by atoms with van der Waals surface area (Å²) in [5, 5.41) is 18.7. The molecule has 0 aliphatic carbocycles. The molecule has 0 unspecified atom stereocenters. The Bertz CT molecular complexity index is 1180. The second-order valence-electron chi connectivity index (χ2n) is 5.92. The summed E-state index contributed by atoms with van der Waals surface area (Å²) in [4.78, 5) is 23.7. The summed E-state index contributed by atoms with van der Waals surface area (Å²) in [6.45, 7) is 2.00. The number of hydrogen-bond acceptors (Lipinski definition) is 8. The number of nitrogens with one attached hydrogen (secondary N) is 2. The van der Waals surface area contributed by atoms with Crippen LogP contribution in [0, 0.1) is 17.0 Å². The second-order valence-corrected chi connectivity index (χ2v) is 7.39. The van der Waals surface area contributed by atoms with Crippen LogP contribution in [-0.2, 0) is 0 Å². The van der Waals surface area contributed by atoms with E-state index < -0.39 is 4.92 Å². The van der Waals surface area contributed by atoms with Crippen LogP contribution in [0.3, 0.4) is 0 Å². The number of anilines is 4. The molecule has 0 bridgehead atoms. The molecule has 4 aromatic rings. The molecule has 0 saturated heterocycles. The second kappa shape index (κ2) is 7.37. The first-order valence-corrected chi connectivity index (χ1v) is 9.35. The zero-order chi connectivity index (χ0) is 19.7. The van der Waals surface area contributed by atoms with E-state index in [4.69, 9.17) is 11.6 Å². The van der Waals surface area contributed by atoms with Crippen molar-refractivity contribution >= 4 is 61.3 Å². The van der Waals surface area contributed by atoms with E-state index in [1.54, 1.807) is 24.3 Å². The van der Waals surface area contributed by atoms with E-state index in [2.05, 4.69) is 25.6 Å². The largest absolute Gasteiger partial charge is 0.353 e. The lowest BCUT2D eigenvalue weighted by Gasteiger charge is -2.08. The summed E-state index contributed by atoms with van der Waals surface area (Å²) < 4.78 is 0.985. The van der Waals surface area contributed by atoms with Crippen molar-refractivity contribution in [3.63, 3.8) is 0 Å². The molecule has 0 aliphatic rings. The minimum absolute atomic E-state index is 0.0623. The van der Waals surface area contributed by atoms with Gasteiger partial charge in [-0.2, -0.15) is 0 Å². The van der Waals surface area contributed by atoms with Gasteiger partial charge < -0.3 is 10.6 Å². The summed E-state index contributed by atoms with van der Waals surface area (Å²) in [6.07, 6.45) is 1.26. The summed E-state index contributed by atoms with van der Waals surface area (Å²) >= 11 is 7.28. The Morgan fingerprint density at radius 3 is 2.50 bits per heavy atom. The van der Waals surface area contributed by atoms with Crippen LogP contribution in [0.1, 0.15) is 5.56 Å². The van der Waals surface area contributed by atoms with Crippen LogP contribution < -0.4 is 10.6 Å². The summed E-state index contributed by atoms with van der Waals surface area (Å²) in [7, 11) is 0. The third kappa shape index (κ3) is 3.71. The first kappa shape index (κ1) is 18.1. The zero-order valence-electron chi connectivity index (χ0n) is 14.5. The lowest BCUT2D eigenvalue weighted by Crippen LogP contribution is -2.05. The molecule has 2 heterocycles. The van der Waals surface area contributed by atoms with Crippen LogP contribution in [0.4, 0.5) is 28.1 Å². The minimum atomic E-state index is -0.530. The number of benzene rings is 2. The Balaban J connectivity index is 1.69. The molecule has 4 rings (SSSR count). The fraction of sp³-hybridized carbons (Fsp3) is 0.0556. The lowest BCUT2D eigenvalue weighted by molar-refractivity contribution is -0.383. The normalized spacial score (nSPS) is 10.8. The average molecular weight is 413 g/mol. The van der Waals surface area contributed by atoms with Gasteiger partial charge in [0.1, 0.15) is 6.33 Å². The fourth-order valence-electron chi connectivity index (χ4n) is 2.59. The molecule has 0 radical (unpaired) electrons. The summed E-state index contributed by atoms with van der Waals surface area (Å²) in [5.74, 6) is 0.133. The van der Waals surface area contributed by atoms with Crippen molar-refractivity contribution in [3.05, 3.63) is 69.5 Å². The number of hydrogen-bond donors (Lipinski definition) is 2. The van der Waals surface area contributed by atoms with E-state index in [-0.39, 0.29) is 17.3 Å². The van der Waals surface area contributed by atoms with Crippen molar-refractivity contribution in [2.45, 2.75) is 6.92 Å². The smallest absolute Gasteiger partial charge is 0.334 e. The van der Waals surface area contributed by atoms with Gasteiger partial charge in [0.15, 0.2) is 5.13 Å². The Morgan fingerprint density at radius 2 is 1.79 bits per heavy atom. The Kier molecular flexibility index (Phi) is 4.76. The molecule has 8 nitrogen and oxygen atoms in total. The lowest BCUT2D eigenvalue weighted by atomic mass is 10.2. The molecule has 2 aromatic carbocycles. The van der Waals surface area contributed by atoms with Gasteiger partial charge >= 0.3 is 5.69 Å². The van der Waals surface area contributed by atoms with E-state index in [1.807, 2.05) is 25.1 Å². The van der Waals surface area contributed by atoms with Gasteiger partial charge in [-0.05, 0) is 48.9 Å². The Labute approximate surface area is 168 Å². The van der Waals surface area contributed by atoms with Crippen LogP contribution >= 0.6 is 22.9 Å². The number of nitrogens with zero attached hydrogens (tertiary/aromatic N) is 4. The molecule has 0 atom stereocenters. The molecule has 140 valence electrons. The highest BCUT2D eigenvalue weighted by Crippen LogP contribution is 2.35. The van der Waals surface area contributed by atoms with Crippen molar-refractivity contribution in [2.75, 3.05) is 10.6 Å². The van der Waals surface area contributed by atoms with E-state index in [9.17, 15) is 10.1 Å². The summed E-state index contributed by atoms with van der Waals surface area (Å²) in [6, 6.07) is 12.7. The molecule has 2 N–H and O–H groups in total. The highest BCUT2D eigenvalue weighted by atomic mass is 35.5. The van der Waals surface area contributed by atoms with Crippen molar-refractivity contribution in [1.29, 1.82) is 0 Å². The maximum atomic E-state index is 11.7. The number of rotatable bonds is 5. The number of aryl methyl sites for hydroxylation is 1. The van der Waals surface area contributed by atoms with Crippen molar-refractivity contribution in [3.8, 4) is 0 Å². The molecular formula is C18H13ClN6O2S. The Morgan fingerprint density at radius 1 is 1.07 bits per heavy atom. The highest BCUT2D eigenvalue weighted by Gasteiger charge is 2.24. The van der Waals surface area contributed by atoms with Gasteiger partial charge in [-0.25, -0.2) is 15.0 Å². The topological polar surface area (TPSA) is 106 Å². The highest BCUT2D eigenvalue weighted by molar-refractivity contribution is 7.22. The third-order valence-electron chi connectivity index (χ3n) is 3.88. The predicted octanol–water partition coefficient (Wildman–Crippen LogP) is 5.44. The molecule has 28 heavy (non-hydrogen) atoms. The van der Waals surface area contributed by atoms with E-state index >= 15 is 0 Å². The molecule has 0 spiro atoms. The summed E-state index contributed by atoms with van der Waals surface area (Å²) in [5.41, 5.74) is 2.28. The molecular weight excluding hydrogens is 400 g/mol. The van der Waals surface area contributed by atoms with Gasteiger partial charge in [0.05, 0.1) is 15.1 Å². The SMILES string of the molecule is Cc1ccc2nc(Nc3ncnc(Nc4ccc(Cl)cc4)c3[N+](=O)[O-])sc2c1. The molecule has 0 saturated carbocycles. The van der Waals surface area contributed by atoms with Crippen LogP contribution in [0.5, 0.6) is 0 Å². The van der Waals surface area contributed by atoms with Crippen LogP contribution in [0.2, 0.25) is 5.02 Å². The maximum absolute atomic E-state index is 11.7. The monoisotopic (exact) mass is 412 g/mol. The van der Waals surface area contributed by atoms with Gasteiger partial charge in [0, 0.05) is 10.7 Å². The Hall–Kier alpha value is -3.30. The zero-order valence-corrected chi connectivity index (χ0v) is 16.1. The molecule has 10 heteroatoms. The van der Waals surface area contributed by atoms with Gasteiger partial charge in [0.25, 0.3) is 0 Å². The molecule has 0 aliphatic heterocycles. The maximum Gasteiger partial charge on any atom is 0.353 e. The third-order valence-corrected chi connectivity index (χ3v) is 5.07. The predicted molar refractivity (Wildman–Crippen MR) is 111 cm³/mol. The first-order chi connectivity index (χ1) is 13.5. The number of halogens is 1. The van der Waals surface area contributed by atoms with Gasteiger partial charge in [-0.3, -0.25) is 10.1 Å². The van der Waals surface area contributed by atoms with E-state index in [1.165, 1.54) is 17.7 Å². The minimum Gasteiger partial charge on any atom is -0.334 e. The van der Waals surface area contributed by atoms with E-state index in [0.717, 1.165) is 15.8 Å². The van der Waals surface area contributed by atoms with Gasteiger partial charge in [-0.15, -0.1) is 0 Å². The van der Waals surface area contributed by atoms with Crippen molar-refractivity contribution in [1.82, 2.24) is 15.0 Å². The number of nitro groups is 1. The van der Waals surface area contributed by atoms with Crippen LogP contribution in [0.15, 0.2) is 48.8 Å². The fourth-order valence-corrected chi connectivity index (χ4v) is 3.68. The van der Waals surface area contributed by atoms with Gasteiger partial charge in [-0.1, -0.05) is 29.0 Å². The van der Waals surface area contributed by atoms with Crippen molar-refractivity contribution < 1.29 is 4.92 Å².